The first kappa shape index (κ1) is 14.7. The summed E-state index contributed by atoms with van der Waals surface area (Å²) >= 11 is 6.01. The fourth-order valence-corrected chi connectivity index (χ4v) is 2.97. The van der Waals surface area contributed by atoms with Gasteiger partial charge in [-0.25, -0.2) is 0 Å². The molecule has 2 N–H and O–H groups in total. The van der Waals surface area contributed by atoms with E-state index in [1.54, 1.807) is 0 Å². The summed E-state index contributed by atoms with van der Waals surface area (Å²) in [5.74, 6) is 0.231. The number of benzene rings is 1. The SMILES string of the molecule is N[C@H](c1cc(C(F)(F)F)ccc1Cl)C1CCCCC1. The zero-order chi connectivity index (χ0) is 14.0. The van der Waals surface area contributed by atoms with Crippen LogP contribution in [0.5, 0.6) is 0 Å². The first-order valence-corrected chi connectivity index (χ1v) is 6.89. The van der Waals surface area contributed by atoms with Crippen LogP contribution in [0.1, 0.15) is 49.3 Å². The Morgan fingerprint density at radius 2 is 1.79 bits per heavy atom. The Labute approximate surface area is 115 Å². The number of rotatable bonds is 2. The molecule has 0 radical (unpaired) electrons. The van der Waals surface area contributed by atoms with Crippen molar-refractivity contribution in [3.05, 3.63) is 34.3 Å². The van der Waals surface area contributed by atoms with Crippen LogP contribution >= 0.6 is 11.6 Å². The predicted octanol–water partition coefficient (Wildman–Crippen LogP) is 4.94. The number of nitrogens with two attached hydrogens (primary N) is 1. The van der Waals surface area contributed by atoms with E-state index in [9.17, 15) is 13.2 Å². The van der Waals surface area contributed by atoms with Gasteiger partial charge in [0, 0.05) is 11.1 Å². The van der Waals surface area contributed by atoms with Crippen LogP contribution in [-0.2, 0) is 6.18 Å². The van der Waals surface area contributed by atoms with Crippen molar-refractivity contribution in [1.82, 2.24) is 0 Å². The number of alkyl halides is 3. The lowest BCUT2D eigenvalue weighted by atomic mass is 9.81. The van der Waals surface area contributed by atoms with E-state index < -0.39 is 17.8 Å². The lowest BCUT2D eigenvalue weighted by Gasteiger charge is -2.28. The molecule has 0 spiro atoms. The van der Waals surface area contributed by atoms with Gasteiger partial charge < -0.3 is 5.73 Å². The quantitative estimate of drug-likeness (QED) is 0.820. The van der Waals surface area contributed by atoms with E-state index in [0.717, 1.165) is 37.8 Å². The maximum atomic E-state index is 12.7. The molecule has 1 aromatic rings. The molecule has 0 aliphatic heterocycles. The number of hydrogen-bond acceptors (Lipinski definition) is 1. The Bertz CT molecular complexity index is 439. The van der Waals surface area contributed by atoms with Gasteiger partial charge in [-0.1, -0.05) is 30.9 Å². The summed E-state index contributed by atoms with van der Waals surface area (Å²) in [5.41, 5.74) is 5.87. The maximum Gasteiger partial charge on any atom is 0.416 e. The van der Waals surface area contributed by atoms with Gasteiger partial charge in [0.05, 0.1) is 5.56 Å². The summed E-state index contributed by atoms with van der Waals surface area (Å²) in [6.45, 7) is 0. The average molecular weight is 292 g/mol. The van der Waals surface area contributed by atoms with Crippen LogP contribution in [0.25, 0.3) is 0 Å². The zero-order valence-corrected chi connectivity index (χ0v) is 11.3. The molecule has 0 heterocycles. The van der Waals surface area contributed by atoms with E-state index >= 15 is 0 Å². The molecular formula is C14H17ClF3N. The zero-order valence-electron chi connectivity index (χ0n) is 10.5. The number of halogens is 4. The minimum atomic E-state index is -4.36. The maximum absolute atomic E-state index is 12.7. The number of hydrogen-bond donors (Lipinski definition) is 1. The smallest absolute Gasteiger partial charge is 0.324 e. The molecule has 0 unspecified atom stereocenters. The summed E-state index contributed by atoms with van der Waals surface area (Å²) in [6, 6.07) is 2.98. The molecule has 106 valence electrons. The van der Waals surface area contributed by atoms with Gasteiger partial charge in [0.25, 0.3) is 0 Å². The van der Waals surface area contributed by atoms with E-state index in [2.05, 4.69) is 0 Å². The monoisotopic (exact) mass is 291 g/mol. The van der Waals surface area contributed by atoms with Crippen molar-refractivity contribution in [2.75, 3.05) is 0 Å². The summed E-state index contributed by atoms with van der Waals surface area (Å²) in [5, 5.41) is 0.325. The molecule has 1 aliphatic carbocycles. The third-order valence-corrected chi connectivity index (χ3v) is 4.18. The molecule has 5 heteroatoms. The third kappa shape index (κ3) is 3.42. The summed E-state index contributed by atoms with van der Waals surface area (Å²) in [7, 11) is 0. The normalized spacial score (nSPS) is 19.4. The molecule has 0 amide bonds. The van der Waals surface area contributed by atoms with Crippen molar-refractivity contribution in [2.24, 2.45) is 11.7 Å². The van der Waals surface area contributed by atoms with Crippen LogP contribution in [0.15, 0.2) is 18.2 Å². The van der Waals surface area contributed by atoms with Crippen LogP contribution in [0, 0.1) is 5.92 Å². The second-order valence-electron chi connectivity index (χ2n) is 5.16. The highest BCUT2D eigenvalue weighted by Gasteiger charge is 2.32. The van der Waals surface area contributed by atoms with E-state index in [1.165, 1.54) is 12.5 Å². The molecule has 0 saturated heterocycles. The molecule has 0 aromatic heterocycles. The van der Waals surface area contributed by atoms with Crippen LogP contribution in [-0.4, -0.2) is 0 Å². The van der Waals surface area contributed by atoms with Gasteiger partial charge in [-0.05, 0) is 42.5 Å². The van der Waals surface area contributed by atoms with Gasteiger partial charge in [0.1, 0.15) is 0 Å². The summed E-state index contributed by atoms with van der Waals surface area (Å²) < 4.78 is 38.2. The Balaban J connectivity index is 2.27. The molecule has 1 aliphatic rings. The lowest BCUT2D eigenvalue weighted by molar-refractivity contribution is -0.137. The van der Waals surface area contributed by atoms with E-state index in [-0.39, 0.29) is 5.92 Å². The average Bonchev–Trinajstić information content (AvgIpc) is 2.38. The molecule has 0 bridgehead atoms. The molecule has 1 atom stereocenters. The standard InChI is InChI=1S/C14H17ClF3N/c15-12-7-6-10(14(16,17)18)8-11(12)13(19)9-4-2-1-3-5-9/h6-9,13H,1-5,19H2/t13-/m0/s1. The Morgan fingerprint density at radius 3 is 2.37 bits per heavy atom. The van der Waals surface area contributed by atoms with Crippen LogP contribution in [0.3, 0.4) is 0 Å². The largest absolute Gasteiger partial charge is 0.416 e. The lowest BCUT2D eigenvalue weighted by Crippen LogP contribution is -2.24. The van der Waals surface area contributed by atoms with Gasteiger partial charge in [0.15, 0.2) is 0 Å². The van der Waals surface area contributed by atoms with Crippen molar-refractivity contribution < 1.29 is 13.2 Å². The highest BCUT2D eigenvalue weighted by atomic mass is 35.5. The summed E-state index contributed by atoms with van der Waals surface area (Å²) in [4.78, 5) is 0. The highest BCUT2D eigenvalue weighted by molar-refractivity contribution is 6.31. The van der Waals surface area contributed by atoms with Crippen molar-refractivity contribution in [3.8, 4) is 0 Å². The van der Waals surface area contributed by atoms with E-state index in [1.807, 2.05) is 0 Å². The highest BCUT2D eigenvalue weighted by Crippen LogP contribution is 2.38. The van der Waals surface area contributed by atoms with E-state index in [0.29, 0.717) is 10.6 Å². The predicted molar refractivity (Wildman–Crippen MR) is 70.0 cm³/mol. The minimum absolute atomic E-state index is 0.231. The first-order valence-electron chi connectivity index (χ1n) is 6.52. The second kappa shape index (κ2) is 5.71. The van der Waals surface area contributed by atoms with Gasteiger partial charge in [-0.15, -0.1) is 0 Å². The molecule has 1 fully saturated rings. The van der Waals surface area contributed by atoms with Crippen LogP contribution < -0.4 is 5.73 Å². The minimum Gasteiger partial charge on any atom is -0.324 e. The molecule has 1 nitrogen and oxygen atoms in total. The van der Waals surface area contributed by atoms with Gasteiger partial charge in [0.2, 0.25) is 0 Å². The van der Waals surface area contributed by atoms with Crippen LogP contribution in [0.2, 0.25) is 5.02 Å². The van der Waals surface area contributed by atoms with Gasteiger partial charge in [-0.2, -0.15) is 13.2 Å². The molecule has 1 aromatic carbocycles. The fraction of sp³-hybridized carbons (Fsp3) is 0.571. The van der Waals surface area contributed by atoms with Crippen molar-refractivity contribution in [3.63, 3.8) is 0 Å². The van der Waals surface area contributed by atoms with Gasteiger partial charge in [-0.3, -0.25) is 0 Å². The van der Waals surface area contributed by atoms with Gasteiger partial charge >= 0.3 is 6.18 Å². The Kier molecular flexibility index (Phi) is 4.41. The van der Waals surface area contributed by atoms with Crippen LogP contribution in [0.4, 0.5) is 13.2 Å². The molecular weight excluding hydrogens is 275 g/mol. The van der Waals surface area contributed by atoms with Crippen molar-refractivity contribution in [1.29, 1.82) is 0 Å². The van der Waals surface area contributed by atoms with Crippen molar-refractivity contribution in [2.45, 2.75) is 44.3 Å². The van der Waals surface area contributed by atoms with E-state index in [4.69, 9.17) is 17.3 Å². The molecule has 2 rings (SSSR count). The fourth-order valence-electron chi connectivity index (χ4n) is 2.72. The molecule has 1 saturated carbocycles. The second-order valence-corrected chi connectivity index (χ2v) is 5.57. The Hall–Kier alpha value is -0.740. The Morgan fingerprint density at radius 1 is 1.16 bits per heavy atom. The summed E-state index contributed by atoms with van der Waals surface area (Å²) in [6.07, 6.45) is 0.941. The topological polar surface area (TPSA) is 26.0 Å². The first-order chi connectivity index (χ1) is 8.89. The third-order valence-electron chi connectivity index (χ3n) is 3.84. The molecule has 19 heavy (non-hydrogen) atoms. The van der Waals surface area contributed by atoms with Crippen molar-refractivity contribution >= 4 is 11.6 Å².